The number of fused-ring (bicyclic) bond motifs is 1. The fourth-order valence-electron chi connectivity index (χ4n) is 8.61. The van der Waals surface area contributed by atoms with E-state index < -0.39 is 52.8 Å². The van der Waals surface area contributed by atoms with Crippen molar-refractivity contribution in [2.45, 2.75) is 81.5 Å². The molecule has 5 aliphatic rings. The highest BCUT2D eigenvalue weighted by molar-refractivity contribution is 6.08. The van der Waals surface area contributed by atoms with Crippen molar-refractivity contribution < 1.29 is 37.5 Å². The number of halogens is 3. The Morgan fingerprint density at radius 1 is 1.00 bits per heavy atom. The van der Waals surface area contributed by atoms with Crippen LogP contribution in [-0.2, 0) is 26.1 Å². The number of benzene rings is 2. The molecule has 56 heavy (non-hydrogen) atoms. The zero-order valence-electron chi connectivity index (χ0n) is 30.9. The SMILES string of the molecule is CC(C)(C(=O)Nc1ccc(C#N)c(C(F)(F)F)c1)n1cc(C2CCN(C3CN(C4CN(c5cccc6c5C(=O)N(C5CCC(=O)NC5=O)C6O)C4)C3)CC2)cn1. The van der Waals surface area contributed by atoms with Gasteiger partial charge in [-0.1, -0.05) is 12.1 Å². The van der Waals surface area contributed by atoms with Gasteiger partial charge < -0.3 is 15.3 Å². The van der Waals surface area contributed by atoms with E-state index in [4.69, 9.17) is 5.26 Å². The number of rotatable bonds is 8. The number of carbonyl (C=O) groups excluding carboxylic acids is 4. The Kier molecular flexibility index (Phi) is 9.41. The number of nitriles is 1. The summed E-state index contributed by atoms with van der Waals surface area (Å²) in [4.78, 5) is 59.4. The molecule has 0 aliphatic carbocycles. The van der Waals surface area contributed by atoms with Crippen LogP contribution >= 0.6 is 0 Å². The Morgan fingerprint density at radius 3 is 2.39 bits per heavy atom. The fourth-order valence-corrected chi connectivity index (χ4v) is 8.61. The van der Waals surface area contributed by atoms with Gasteiger partial charge in [0.05, 0.1) is 34.6 Å². The van der Waals surface area contributed by atoms with Gasteiger partial charge in [0.2, 0.25) is 11.8 Å². The van der Waals surface area contributed by atoms with Crippen LogP contribution in [0.4, 0.5) is 24.5 Å². The topological polar surface area (TPSA) is 167 Å². The lowest BCUT2D eigenvalue weighted by molar-refractivity contribution is -0.140. The molecule has 2 aromatic carbocycles. The normalized spacial score (nSPS) is 23.1. The minimum absolute atomic E-state index is 0.0602. The average Bonchev–Trinajstić information content (AvgIpc) is 3.72. The Morgan fingerprint density at radius 2 is 1.71 bits per heavy atom. The summed E-state index contributed by atoms with van der Waals surface area (Å²) in [6, 6.07) is 9.90. The maximum atomic E-state index is 13.6. The van der Waals surface area contributed by atoms with Crippen LogP contribution < -0.4 is 15.5 Å². The van der Waals surface area contributed by atoms with E-state index >= 15 is 0 Å². The molecule has 5 aliphatic heterocycles. The van der Waals surface area contributed by atoms with Gasteiger partial charge in [0, 0.05) is 62.1 Å². The number of imide groups is 1. The molecule has 4 saturated heterocycles. The summed E-state index contributed by atoms with van der Waals surface area (Å²) in [5.41, 5.74) is -0.254. The summed E-state index contributed by atoms with van der Waals surface area (Å²) in [6.07, 6.45) is -0.265. The molecule has 2 atom stereocenters. The first-order chi connectivity index (χ1) is 26.6. The van der Waals surface area contributed by atoms with Crippen LogP contribution in [0.2, 0.25) is 0 Å². The van der Waals surface area contributed by atoms with Gasteiger partial charge in [-0.15, -0.1) is 0 Å². The summed E-state index contributed by atoms with van der Waals surface area (Å²) >= 11 is 0. The Labute approximate surface area is 320 Å². The highest BCUT2D eigenvalue weighted by atomic mass is 19.4. The number of nitrogens with one attached hydrogen (secondary N) is 2. The molecule has 0 radical (unpaired) electrons. The van der Waals surface area contributed by atoms with Gasteiger partial charge in [-0.05, 0) is 81.9 Å². The lowest BCUT2D eigenvalue weighted by Crippen LogP contribution is -2.70. The van der Waals surface area contributed by atoms with E-state index in [0.29, 0.717) is 23.2 Å². The van der Waals surface area contributed by atoms with Crippen LogP contribution in [0, 0.1) is 11.3 Å². The molecule has 8 rings (SSSR count). The number of nitrogens with zero attached hydrogens (tertiary/aromatic N) is 7. The number of amides is 4. The van der Waals surface area contributed by atoms with E-state index in [1.54, 1.807) is 36.9 Å². The van der Waals surface area contributed by atoms with E-state index in [1.165, 1.54) is 11.0 Å². The van der Waals surface area contributed by atoms with Crippen molar-refractivity contribution in [3.8, 4) is 6.07 Å². The second kappa shape index (κ2) is 14.0. The highest BCUT2D eigenvalue weighted by Crippen LogP contribution is 2.42. The quantitative estimate of drug-likeness (QED) is 0.290. The van der Waals surface area contributed by atoms with Gasteiger partial charge in [0.25, 0.3) is 11.8 Å². The second-order valence-electron chi connectivity index (χ2n) is 15.9. The Balaban J connectivity index is 0.813. The number of aliphatic hydroxyl groups is 1. The predicted molar refractivity (Wildman–Crippen MR) is 195 cm³/mol. The van der Waals surface area contributed by atoms with E-state index in [1.807, 2.05) is 18.3 Å². The van der Waals surface area contributed by atoms with Crippen molar-refractivity contribution in [3.05, 3.63) is 76.6 Å². The molecule has 17 heteroatoms. The van der Waals surface area contributed by atoms with Crippen LogP contribution in [0.5, 0.6) is 0 Å². The van der Waals surface area contributed by atoms with Crippen molar-refractivity contribution in [2.75, 3.05) is 49.5 Å². The number of alkyl halides is 3. The smallest absolute Gasteiger partial charge is 0.369 e. The lowest BCUT2D eigenvalue weighted by Gasteiger charge is -2.55. The maximum absolute atomic E-state index is 13.6. The first-order valence-electron chi connectivity index (χ1n) is 18.8. The van der Waals surface area contributed by atoms with Gasteiger partial charge in [0.1, 0.15) is 11.6 Å². The van der Waals surface area contributed by atoms with Crippen molar-refractivity contribution in [1.29, 1.82) is 5.26 Å². The molecule has 6 heterocycles. The first kappa shape index (κ1) is 37.6. The molecule has 4 fully saturated rings. The van der Waals surface area contributed by atoms with E-state index in [9.17, 15) is 37.5 Å². The monoisotopic (exact) mass is 773 g/mol. The van der Waals surface area contributed by atoms with Crippen LogP contribution in [0.15, 0.2) is 48.8 Å². The molecule has 2 unspecified atom stereocenters. The van der Waals surface area contributed by atoms with Crippen molar-refractivity contribution in [1.82, 2.24) is 29.8 Å². The number of anilines is 2. The number of carbonyl (C=O) groups is 4. The van der Waals surface area contributed by atoms with Gasteiger partial charge in [-0.25, -0.2) is 0 Å². The third kappa shape index (κ3) is 6.58. The second-order valence-corrected chi connectivity index (χ2v) is 15.9. The predicted octanol–water partition coefficient (Wildman–Crippen LogP) is 3.15. The van der Waals surface area contributed by atoms with Gasteiger partial charge in [-0.3, -0.25) is 43.9 Å². The number of hydrogen-bond donors (Lipinski definition) is 3. The number of aliphatic hydroxyl groups excluding tert-OH is 1. The molecule has 1 aromatic heterocycles. The molecule has 0 saturated carbocycles. The summed E-state index contributed by atoms with van der Waals surface area (Å²) in [6.45, 7) is 8.51. The third-order valence-electron chi connectivity index (χ3n) is 12.2. The minimum atomic E-state index is -4.74. The molecule has 4 amide bonds. The largest absolute Gasteiger partial charge is 0.417 e. The van der Waals surface area contributed by atoms with E-state index in [0.717, 1.165) is 75.5 Å². The lowest BCUT2D eigenvalue weighted by atomic mass is 9.89. The standard InChI is InChI=1S/C39H42F3N9O5/c1-38(2,37(56)45-25-7-6-23(15-43)29(14-25)39(40,41)42)50-17-24(16-44-50)22-10-12-47(13-11-22)26-18-48(19-26)27-20-49(21-27)30-5-3-4-28-33(30)36(55)51(35(28)54)31-8-9-32(52)46-34(31)53/h3-7,14,16-17,22,26-27,31,35,54H,8-13,18-21H2,1-2H3,(H,45,56)(H,46,52,53). The van der Waals surface area contributed by atoms with Crippen LogP contribution in [0.1, 0.15) is 84.3 Å². The van der Waals surface area contributed by atoms with Crippen LogP contribution in [-0.4, -0.2) is 111 Å². The summed E-state index contributed by atoms with van der Waals surface area (Å²) in [5.74, 6) is -1.64. The zero-order valence-corrected chi connectivity index (χ0v) is 30.9. The summed E-state index contributed by atoms with van der Waals surface area (Å²) in [5, 5.41) is 29.4. The Bertz CT molecular complexity index is 2130. The summed E-state index contributed by atoms with van der Waals surface area (Å²) in [7, 11) is 0. The summed E-state index contributed by atoms with van der Waals surface area (Å²) < 4.78 is 41.9. The van der Waals surface area contributed by atoms with Crippen LogP contribution in [0.3, 0.4) is 0 Å². The van der Waals surface area contributed by atoms with Gasteiger partial charge in [0.15, 0.2) is 6.23 Å². The number of hydrogen-bond acceptors (Lipinski definition) is 10. The molecule has 14 nitrogen and oxygen atoms in total. The zero-order chi connectivity index (χ0) is 39.7. The molecular formula is C39H42F3N9O5. The highest BCUT2D eigenvalue weighted by Gasteiger charge is 2.48. The van der Waals surface area contributed by atoms with Crippen molar-refractivity contribution in [2.24, 2.45) is 0 Å². The molecule has 3 N–H and O–H groups in total. The molecule has 294 valence electrons. The number of aromatic nitrogens is 2. The van der Waals surface area contributed by atoms with Gasteiger partial charge in [-0.2, -0.15) is 23.5 Å². The van der Waals surface area contributed by atoms with Crippen LogP contribution in [0.25, 0.3) is 0 Å². The maximum Gasteiger partial charge on any atom is 0.417 e. The van der Waals surface area contributed by atoms with Crippen molar-refractivity contribution in [3.63, 3.8) is 0 Å². The Hall–Kier alpha value is -5.31. The fraction of sp³-hybridized carbons (Fsp3) is 0.487. The van der Waals surface area contributed by atoms with E-state index in [-0.39, 0.29) is 30.4 Å². The van der Waals surface area contributed by atoms with Gasteiger partial charge >= 0.3 is 6.18 Å². The molecule has 0 spiro atoms. The average molecular weight is 774 g/mol. The first-order valence-corrected chi connectivity index (χ1v) is 18.8. The number of likely N-dealkylation sites (tertiary alicyclic amines) is 2. The minimum Gasteiger partial charge on any atom is -0.369 e. The van der Waals surface area contributed by atoms with Crippen molar-refractivity contribution >= 4 is 35.0 Å². The molecular weight excluding hydrogens is 731 g/mol. The molecule has 0 bridgehead atoms. The third-order valence-corrected chi connectivity index (χ3v) is 12.2. The number of piperidine rings is 2. The van der Waals surface area contributed by atoms with E-state index in [2.05, 4.69) is 30.4 Å². The molecule has 3 aromatic rings.